The fourth-order valence-electron chi connectivity index (χ4n) is 1.76. The van der Waals surface area contributed by atoms with Gasteiger partial charge in [0.25, 0.3) is 0 Å². The zero-order valence-electron chi connectivity index (χ0n) is 9.75. The summed E-state index contributed by atoms with van der Waals surface area (Å²) >= 11 is 3.16. The molecule has 4 heteroatoms. The minimum absolute atomic E-state index is 0.00131. The number of hydrogen-bond acceptors (Lipinski definition) is 2. The first-order chi connectivity index (χ1) is 8.13. The molecule has 1 N–H and O–H groups in total. The number of benzene rings is 1. The van der Waals surface area contributed by atoms with Gasteiger partial charge in [-0.05, 0) is 19.4 Å². The maximum absolute atomic E-state index is 11.6. The number of rotatable bonds is 3. The Morgan fingerprint density at radius 3 is 2.71 bits per heavy atom. The Balaban J connectivity index is 2.49. The summed E-state index contributed by atoms with van der Waals surface area (Å²) in [7, 11) is 0. The highest BCUT2D eigenvalue weighted by Crippen LogP contribution is 2.21. The van der Waals surface area contributed by atoms with E-state index in [2.05, 4.69) is 25.9 Å². The van der Waals surface area contributed by atoms with Gasteiger partial charge in [0.05, 0.1) is 5.33 Å². The van der Waals surface area contributed by atoms with Crippen molar-refractivity contribution < 1.29 is 4.79 Å². The largest absolute Gasteiger partial charge is 0.341 e. The number of Topliss-reactive ketones (excluding diaryl/α,β-unsaturated/α-hetero) is 1. The van der Waals surface area contributed by atoms with E-state index in [0.29, 0.717) is 11.0 Å². The zero-order valence-corrected chi connectivity index (χ0v) is 11.3. The Hall–Kier alpha value is -1.42. The Morgan fingerprint density at radius 1 is 1.35 bits per heavy atom. The summed E-state index contributed by atoms with van der Waals surface area (Å²) in [5, 5.41) is 0.298. The van der Waals surface area contributed by atoms with E-state index in [1.807, 2.05) is 38.1 Å². The summed E-state index contributed by atoms with van der Waals surface area (Å²) < 4.78 is 0. The average molecular weight is 293 g/mol. The molecule has 0 atom stereocenters. The highest BCUT2D eigenvalue weighted by atomic mass is 79.9. The van der Waals surface area contributed by atoms with Crippen LogP contribution in [0.1, 0.15) is 21.7 Å². The number of aromatic amines is 1. The molecule has 2 rings (SSSR count). The number of hydrogen-bond donors (Lipinski definition) is 1. The van der Waals surface area contributed by atoms with E-state index in [1.165, 1.54) is 0 Å². The van der Waals surface area contributed by atoms with Gasteiger partial charge in [0.2, 0.25) is 0 Å². The van der Waals surface area contributed by atoms with E-state index in [1.54, 1.807) is 0 Å². The number of aromatic nitrogens is 2. The number of ketones is 1. The lowest BCUT2D eigenvalue weighted by atomic mass is 10.1. The quantitative estimate of drug-likeness (QED) is 0.697. The number of halogens is 1. The maximum atomic E-state index is 11.6. The molecule has 1 aromatic carbocycles. The first kappa shape index (κ1) is 12.0. The zero-order chi connectivity index (χ0) is 12.4. The molecule has 0 amide bonds. The number of aryl methyl sites for hydroxylation is 2. The lowest BCUT2D eigenvalue weighted by Gasteiger charge is -2.00. The molecule has 3 nitrogen and oxygen atoms in total. The van der Waals surface area contributed by atoms with Gasteiger partial charge in [-0.1, -0.05) is 40.2 Å². The molecule has 0 aliphatic carbocycles. The van der Waals surface area contributed by atoms with Gasteiger partial charge in [-0.3, -0.25) is 4.79 Å². The second kappa shape index (κ2) is 4.84. The Morgan fingerprint density at radius 2 is 2.06 bits per heavy atom. The second-order valence-corrected chi connectivity index (χ2v) is 4.49. The number of carbonyl (C=O) groups is 1. The van der Waals surface area contributed by atoms with Gasteiger partial charge in [-0.2, -0.15) is 0 Å². The third-order valence-corrected chi connectivity index (χ3v) is 3.18. The van der Waals surface area contributed by atoms with Crippen molar-refractivity contribution in [3.05, 3.63) is 41.2 Å². The Bertz CT molecular complexity index is 560. The smallest absolute Gasteiger partial charge is 0.193 e. The summed E-state index contributed by atoms with van der Waals surface area (Å²) in [4.78, 5) is 19.2. The van der Waals surface area contributed by atoms with Crippen molar-refractivity contribution in [3.63, 3.8) is 0 Å². The fraction of sp³-hybridized carbons (Fsp3) is 0.231. The van der Waals surface area contributed by atoms with Gasteiger partial charge in [-0.15, -0.1) is 0 Å². The fourth-order valence-corrected chi connectivity index (χ4v) is 2.03. The SMILES string of the molecule is Cc1ccccc1-c1nc(C(=O)CBr)c(C)[nH]1. The van der Waals surface area contributed by atoms with E-state index in [9.17, 15) is 4.79 Å². The van der Waals surface area contributed by atoms with E-state index in [0.717, 1.165) is 22.6 Å². The minimum Gasteiger partial charge on any atom is -0.341 e. The highest BCUT2D eigenvalue weighted by molar-refractivity contribution is 9.09. The summed E-state index contributed by atoms with van der Waals surface area (Å²) in [6.45, 7) is 3.89. The van der Waals surface area contributed by atoms with Crippen molar-refractivity contribution in [2.24, 2.45) is 0 Å². The molecule has 0 saturated carbocycles. The average Bonchev–Trinajstić information content (AvgIpc) is 2.71. The Kier molecular flexibility index (Phi) is 3.43. The number of nitrogens with zero attached hydrogens (tertiary/aromatic N) is 1. The molecule has 0 aliphatic heterocycles. The van der Waals surface area contributed by atoms with Crippen LogP contribution < -0.4 is 0 Å². The topological polar surface area (TPSA) is 45.8 Å². The van der Waals surface area contributed by atoms with E-state index < -0.39 is 0 Å². The second-order valence-electron chi connectivity index (χ2n) is 3.93. The summed E-state index contributed by atoms with van der Waals surface area (Å²) in [5.74, 6) is 0.753. The van der Waals surface area contributed by atoms with Gasteiger partial charge in [0.15, 0.2) is 5.78 Å². The Labute approximate surface area is 108 Å². The summed E-state index contributed by atoms with van der Waals surface area (Å²) in [5.41, 5.74) is 3.50. The van der Waals surface area contributed by atoms with Crippen LogP contribution in [0.2, 0.25) is 0 Å². The van der Waals surface area contributed by atoms with E-state index >= 15 is 0 Å². The molecule has 0 radical (unpaired) electrons. The van der Waals surface area contributed by atoms with Gasteiger partial charge in [0, 0.05) is 11.3 Å². The summed E-state index contributed by atoms with van der Waals surface area (Å²) in [6, 6.07) is 7.97. The molecule has 1 heterocycles. The predicted octanol–water partition coefficient (Wildman–Crippen LogP) is 3.27. The maximum Gasteiger partial charge on any atom is 0.193 e. The van der Waals surface area contributed by atoms with Crippen LogP contribution in [0.5, 0.6) is 0 Å². The molecule has 0 saturated heterocycles. The lowest BCUT2D eigenvalue weighted by molar-refractivity contribution is 0.101. The lowest BCUT2D eigenvalue weighted by Crippen LogP contribution is -2.02. The first-order valence-corrected chi connectivity index (χ1v) is 6.47. The molecule has 88 valence electrons. The number of nitrogens with one attached hydrogen (secondary N) is 1. The molecule has 1 aromatic heterocycles. The molecule has 17 heavy (non-hydrogen) atoms. The molecule has 2 aromatic rings. The van der Waals surface area contributed by atoms with Crippen molar-refractivity contribution >= 4 is 21.7 Å². The highest BCUT2D eigenvalue weighted by Gasteiger charge is 2.15. The molecule has 0 unspecified atom stereocenters. The molecular formula is C13H13BrN2O. The number of carbonyl (C=O) groups excluding carboxylic acids is 1. The van der Waals surface area contributed by atoms with Crippen LogP contribution in [0.15, 0.2) is 24.3 Å². The van der Waals surface area contributed by atoms with Gasteiger partial charge in [-0.25, -0.2) is 4.98 Å². The van der Waals surface area contributed by atoms with Crippen molar-refractivity contribution in [1.29, 1.82) is 0 Å². The molecular weight excluding hydrogens is 280 g/mol. The molecule has 0 aliphatic rings. The van der Waals surface area contributed by atoms with Crippen LogP contribution in [0.4, 0.5) is 0 Å². The first-order valence-electron chi connectivity index (χ1n) is 5.35. The van der Waals surface area contributed by atoms with Crippen molar-refractivity contribution in [1.82, 2.24) is 9.97 Å². The summed E-state index contributed by atoms with van der Waals surface area (Å²) in [6.07, 6.45) is 0. The van der Waals surface area contributed by atoms with E-state index in [-0.39, 0.29) is 5.78 Å². The van der Waals surface area contributed by atoms with Crippen LogP contribution in [0.25, 0.3) is 11.4 Å². The number of H-pyrrole nitrogens is 1. The monoisotopic (exact) mass is 292 g/mol. The third kappa shape index (κ3) is 2.31. The van der Waals surface area contributed by atoms with Gasteiger partial charge in [0.1, 0.15) is 11.5 Å². The molecule has 0 spiro atoms. The van der Waals surface area contributed by atoms with Crippen LogP contribution in [0, 0.1) is 13.8 Å². The van der Waals surface area contributed by atoms with Crippen LogP contribution in [-0.4, -0.2) is 21.1 Å². The van der Waals surface area contributed by atoms with Crippen molar-refractivity contribution in [2.45, 2.75) is 13.8 Å². The van der Waals surface area contributed by atoms with E-state index in [4.69, 9.17) is 0 Å². The van der Waals surface area contributed by atoms with Gasteiger partial charge >= 0.3 is 0 Å². The van der Waals surface area contributed by atoms with Crippen molar-refractivity contribution in [3.8, 4) is 11.4 Å². The number of alkyl halides is 1. The van der Waals surface area contributed by atoms with Crippen LogP contribution >= 0.6 is 15.9 Å². The third-order valence-electron chi connectivity index (χ3n) is 2.67. The molecule has 0 bridgehead atoms. The standard InChI is InChI=1S/C13H13BrN2O/c1-8-5-3-4-6-10(8)13-15-9(2)12(16-13)11(17)7-14/h3-6H,7H2,1-2H3,(H,15,16). The minimum atomic E-state index is -0.00131. The van der Waals surface area contributed by atoms with Crippen LogP contribution in [0.3, 0.4) is 0 Å². The molecule has 0 fully saturated rings. The van der Waals surface area contributed by atoms with Crippen LogP contribution in [-0.2, 0) is 0 Å². The van der Waals surface area contributed by atoms with Gasteiger partial charge < -0.3 is 4.98 Å². The normalized spacial score (nSPS) is 10.5. The number of imidazole rings is 1. The van der Waals surface area contributed by atoms with Crippen molar-refractivity contribution in [2.75, 3.05) is 5.33 Å². The predicted molar refractivity (Wildman–Crippen MR) is 71.6 cm³/mol.